The van der Waals surface area contributed by atoms with Crippen molar-refractivity contribution < 1.29 is 14.3 Å². The van der Waals surface area contributed by atoms with Crippen molar-refractivity contribution in [2.45, 2.75) is 12.5 Å². The van der Waals surface area contributed by atoms with Gasteiger partial charge in [0.25, 0.3) is 11.1 Å². The highest BCUT2D eigenvalue weighted by Gasteiger charge is 2.20. The molecule has 1 heterocycles. The van der Waals surface area contributed by atoms with Gasteiger partial charge in [0.2, 0.25) is 0 Å². The van der Waals surface area contributed by atoms with Crippen LogP contribution in [0.1, 0.15) is 38.9 Å². The van der Waals surface area contributed by atoms with Gasteiger partial charge in [-0.15, -0.1) is 0 Å². The number of hydrogen-bond acceptors (Lipinski definition) is 6. The first kappa shape index (κ1) is 24.2. The van der Waals surface area contributed by atoms with Crippen LogP contribution in [0.2, 0.25) is 0 Å². The lowest BCUT2D eigenvalue weighted by atomic mass is 9.98. The third-order valence-electron chi connectivity index (χ3n) is 5.82. The summed E-state index contributed by atoms with van der Waals surface area (Å²) in [5.41, 5.74) is 3.55. The molecule has 0 aliphatic heterocycles. The summed E-state index contributed by atoms with van der Waals surface area (Å²) in [5.74, 6) is 1.34. The summed E-state index contributed by atoms with van der Waals surface area (Å²) in [5, 5.41) is 3.55. The van der Waals surface area contributed by atoms with E-state index in [1.54, 1.807) is 25.3 Å². The molecule has 0 atom stereocenters. The number of rotatable bonds is 9. The fourth-order valence-corrected chi connectivity index (χ4v) is 4.55. The van der Waals surface area contributed by atoms with Crippen molar-refractivity contribution >= 4 is 17.4 Å². The smallest absolute Gasteiger partial charge is 0.298 e. The van der Waals surface area contributed by atoms with Crippen molar-refractivity contribution in [2.75, 3.05) is 7.11 Å². The Bertz CT molecular complexity index is 1420. The van der Waals surface area contributed by atoms with E-state index in [0.29, 0.717) is 34.5 Å². The summed E-state index contributed by atoms with van der Waals surface area (Å²) in [4.78, 5) is 17.9. The number of carbonyl (C=O) groups is 1. The fraction of sp³-hybridized carbons (Fsp3) is 0.100. The molecule has 0 bridgehead atoms. The van der Waals surface area contributed by atoms with Gasteiger partial charge in [0.1, 0.15) is 0 Å². The number of carbonyl (C=O) groups excluding carboxylic acids is 1. The fourth-order valence-electron chi connectivity index (χ4n) is 3.99. The predicted molar refractivity (Wildman–Crippen MR) is 144 cm³/mol. The van der Waals surface area contributed by atoms with Crippen molar-refractivity contribution in [3.8, 4) is 16.7 Å². The highest BCUT2D eigenvalue weighted by molar-refractivity contribution is 7.07. The predicted octanol–water partition coefficient (Wildman–Crippen LogP) is 6.45. The van der Waals surface area contributed by atoms with Gasteiger partial charge >= 0.3 is 0 Å². The number of nitrogens with zero attached hydrogens (tertiary/aromatic N) is 2. The summed E-state index contributed by atoms with van der Waals surface area (Å²) >= 11 is 1.16. The highest BCUT2D eigenvalue weighted by atomic mass is 32.1. The van der Waals surface area contributed by atoms with Crippen molar-refractivity contribution in [3.63, 3.8) is 0 Å². The standard InChI is InChI=1S/C30H25N3O3S/c1-35-25-18-17-24(20-26(25)36-30-31-27(33-37-30)19-21-11-5-2-6-12-21)29(34)32-28(22-13-7-3-8-14-22)23-15-9-4-10-16-23/h2-18,20,28H,19H2,1H3,(H,32,34). The van der Waals surface area contributed by atoms with E-state index in [0.717, 1.165) is 28.2 Å². The number of nitrogens with one attached hydrogen (secondary N) is 1. The maximum absolute atomic E-state index is 13.4. The first-order valence-corrected chi connectivity index (χ1v) is 12.6. The van der Waals surface area contributed by atoms with Crippen LogP contribution in [-0.2, 0) is 6.42 Å². The normalized spacial score (nSPS) is 10.8. The number of benzene rings is 4. The van der Waals surface area contributed by atoms with Crippen LogP contribution in [0.3, 0.4) is 0 Å². The lowest BCUT2D eigenvalue weighted by molar-refractivity contribution is 0.0942. The Morgan fingerprint density at radius 1 is 0.838 bits per heavy atom. The van der Waals surface area contributed by atoms with E-state index in [1.807, 2.05) is 91.0 Å². The molecular weight excluding hydrogens is 482 g/mol. The van der Waals surface area contributed by atoms with Gasteiger partial charge in [-0.1, -0.05) is 91.0 Å². The average Bonchev–Trinajstić information content (AvgIpc) is 3.39. The molecule has 37 heavy (non-hydrogen) atoms. The number of aromatic nitrogens is 2. The molecule has 1 amide bonds. The molecule has 7 heteroatoms. The zero-order chi connectivity index (χ0) is 25.5. The number of ether oxygens (including phenoxy) is 2. The summed E-state index contributed by atoms with van der Waals surface area (Å²) < 4.78 is 15.9. The third-order valence-corrected chi connectivity index (χ3v) is 6.45. The van der Waals surface area contributed by atoms with Gasteiger partial charge in [-0.2, -0.15) is 9.36 Å². The summed E-state index contributed by atoms with van der Waals surface area (Å²) in [6.45, 7) is 0. The maximum atomic E-state index is 13.4. The summed E-state index contributed by atoms with van der Waals surface area (Å²) in [6.07, 6.45) is 0.612. The molecule has 0 radical (unpaired) electrons. The first-order chi connectivity index (χ1) is 18.2. The summed E-state index contributed by atoms with van der Waals surface area (Å²) in [7, 11) is 1.56. The van der Waals surface area contributed by atoms with E-state index < -0.39 is 0 Å². The van der Waals surface area contributed by atoms with Gasteiger partial charge < -0.3 is 14.8 Å². The second kappa shape index (κ2) is 11.5. The molecule has 0 aliphatic carbocycles. The van der Waals surface area contributed by atoms with Crippen LogP contribution < -0.4 is 14.8 Å². The Morgan fingerprint density at radius 3 is 2.08 bits per heavy atom. The van der Waals surface area contributed by atoms with Crippen LogP contribution in [-0.4, -0.2) is 22.4 Å². The Balaban J connectivity index is 1.36. The van der Waals surface area contributed by atoms with Gasteiger partial charge in [-0.3, -0.25) is 4.79 Å². The van der Waals surface area contributed by atoms with E-state index >= 15 is 0 Å². The first-order valence-electron chi connectivity index (χ1n) is 11.8. The van der Waals surface area contributed by atoms with Crippen molar-refractivity contribution in [1.82, 2.24) is 14.7 Å². The molecular formula is C30H25N3O3S. The van der Waals surface area contributed by atoms with Gasteiger partial charge in [0.15, 0.2) is 17.3 Å². The Labute approximate surface area is 219 Å². The van der Waals surface area contributed by atoms with E-state index in [1.165, 1.54) is 0 Å². The van der Waals surface area contributed by atoms with E-state index in [-0.39, 0.29) is 11.9 Å². The van der Waals surface area contributed by atoms with E-state index in [2.05, 4.69) is 14.7 Å². The van der Waals surface area contributed by atoms with Crippen LogP contribution in [0.5, 0.6) is 16.7 Å². The highest BCUT2D eigenvalue weighted by Crippen LogP contribution is 2.34. The van der Waals surface area contributed by atoms with Gasteiger partial charge in [0, 0.05) is 23.5 Å². The van der Waals surface area contributed by atoms with E-state index in [4.69, 9.17) is 9.47 Å². The van der Waals surface area contributed by atoms with Gasteiger partial charge in [-0.25, -0.2) is 0 Å². The third kappa shape index (κ3) is 6.02. The molecule has 1 N–H and O–H groups in total. The zero-order valence-electron chi connectivity index (χ0n) is 20.2. The molecule has 184 valence electrons. The molecule has 0 unspecified atom stereocenters. The minimum absolute atomic E-state index is 0.229. The Morgan fingerprint density at radius 2 is 1.46 bits per heavy atom. The maximum Gasteiger partial charge on any atom is 0.298 e. The lowest BCUT2D eigenvalue weighted by Crippen LogP contribution is -2.29. The quantitative estimate of drug-likeness (QED) is 0.248. The van der Waals surface area contributed by atoms with Gasteiger partial charge in [0.05, 0.1) is 13.2 Å². The van der Waals surface area contributed by atoms with Crippen molar-refractivity contribution in [2.24, 2.45) is 0 Å². The number of methoxy groups -OCH3 is 1. The molecule has 0 saturated heterocycles. The molecule has 6 nitrogen and oxygen atoms in total. The molecule has 0 spiro atoms. The summed E-state index contributed by atoms with van der Waals surface area (Å²) in [6, 6.07) is 34.6. The van der Waals surface area contributed by atoms with Crippen molar-refractivity contribution in [1.29, 1.82) is 0 Å². The minimum Gasteiger partial charge on any atom is -0.493 e. The number of hydrogen-bond donors (Lipinski definition) is 1. The molecule has 0 fully saturated rings. The zero-order valence-corrected chi connectivity index (χ0v) is 21.0. The second-order valence-electron chi connectivity index (χ2n) is 8.33. The molecule has 0 saturated carbocycles. The van der Waals surface area contributed by atoms with Crippen LogP contribution >= 0.6 is 11.5 Å². The Hall–Kier alpha value is -4.49. The molecule has 0 aliphatic rings. The average molecular weight is 508 g/mol. The molecule has 1 aromatic heterocycles. The SMILES string of the molecule is COc1ccc(C(=O)NC(c2ccccc2)c2ccccc2)cc1Oc1nc(Cc2ccccc2)ns1. The monoisotopic (exact) mass is 507 g/mol. The minimum atomic E-state index is -0.301. The van der Waals surface area contributed by atoms with Crippen LogP contribution in [0.4, 0.5) is 0 Å². The number of amides is 1. The van der Waals surface area contributed by atoms with E-state index in [9.17, 15) is 4.79 Å². The topological polar surface area (TPSA) is 73.3 Å². The van der Waals surface area contributed by atoms with Crippen molar-refractivity contribution in [3.05, 3.63) is 137 Å². The lowest BCUT2D eigenvalue weighted by Gasteiger charge is -2.20. The second-order valence-corrected chi connectivity index (χ2v) is 9.05. The molecule has 5 rings (SSSR count). The largest absolute Gasteiger partial charge is 0.493 e. The molecule has 4 aromatic carbocycles. The van der Waals surface area contributed by atoms with Crippen LogP contribution in [0.15, 0.2) is 109 Å². The van der Waals surface area contributed by atoms with Gasteiger partial charge in [-0.05, 0) is 34.9 Å². The Kier molecular flexibility index (Phi) is 7.52. The van der Waals surface area contributed by atoms with Crippen LogP contribution in [0, 0.1) is 0 Å². The van der Waals surface area contributed by atoms with Crippen LogP contribution in [0.25, 0.3) is 0 Å². The molecule has 5 aromatic rings.